The van der Waals surface area contributed by atoms with Crippen LogP contribution in [-0.2, 0) is 11.4 Å². The van der Waals surface area contributed by atoms with E-state index < -0.39 is 29.7 Å². The zero-order valence-electron chi connectivity index (χ0n) is 20.3. The van der Waals surface area contributed by atoms with Gasteiger partial charge in [0.25, 0.3) is 5.91 Å². The Morgan fingerprint density at radius 1 is 1.00 bits per heavy atom. The molecule has 1 aliphatic rings. The van der Waals surface area contributed by atoms with Gasteiger partial charge in [-0.1, -0.05) is 68.7 Å². The van der Waals surface area contributed by atoms with Crippen LogP contribution in [-0.4, -0.2) is 29.4 Å². The highest BCUT2D eigenvalue weighted by atomic mass is 19.4. The predicted octanol–water partition coefficient (Wildman–Crippen LogP) is 6.47. The number of carbonyl (C=O) groups excluding carboxylic acids is 1. The number of alkyl halides is 3. The highest BCUT2D eigenvalue weighted by Crippen LogP contribution is 2.39. The van der Waals surface area contributed by atoms with Crippen molar-refractivity contribution in [2.45, 2.75) is 58.0 Å². The van der Waals surface area contributed by atoms with Crippen molar-refractivity contribution in [2.24, 2.45) is 5.41 Å². The number of hydrogen-bond donors (Lipinski definition) is 2. The van der Waals surface area contributed by atoms with Crippen LogP contribution in [0.3, 0.4) is 0 Å². The Kier molecular flexibility index (Phi) is 7.61. The number of benzene rings is 3. The zero-order valence-corrected chi connectivity index (χ0v) is 20.3. The molecular weight excluding hydrogens is 487 g/mol. The smallest absolute Gasteiger partial charge is 0.487 e. The molecule has 3 aromatic carbocycles. The van der Waals surface area contributed by atoms with Crippen molar-refractivity contribution in [2.75, 3.05) is 0 Å². The molecule has 4 rings (SSSR count). The number of carboxylic acids is 1. The summed E-state index contributed by atoms with van der Waals surface area (Å²) >= 11 is 0. The highest BCUT2D eigenvalue weighted by molar-refractivity contribution is 6.05. The van der Waals surface area contributed by atoms with E-state index in [0.29, 0.717) is 23.8 Å². The normalized spacial score (nSPS) is 16.1. The molecule has 9 heteroatoms. The van der Waals surface area contributed by atoms with Gasteiger partial charge in [-0.25, -0.2) is 4.79 Å². The van der Waals surface area contributed by atoms with Crippen LogP contribution in [0.2, 0.25) is 0 Å². The Labute approximate surface area is 212 Å². The molecule has 1 amide bonds. The standard InChI is InChI=1S/C28H28F3NO5/c1-27(15-5-2-6-16-27)24(26(34)35)32-25(33)22-14-11-19-7-3-4-8-21(19)23(22)36-17-18-9-12-20(13-10-18)37-28(29,30)31/h3-4,7-14,24H,2,5-6,15-17H2,1H3,(H,32,33)(H,34,35). The molecule has 196 valence electrons. The molecule has 1 aliphatic carbocycles. The quantitative estimate of drug-likeness (QED) is 0.359. The lowest BCUT2D eigenvalue weighted by atomic mass is 9.70. The lowest BCUT2D eigenvalue weighted by molar-refractivity contribution is -0.274. The monoisotopic (exact) mass is 515 g/mol. The molecule has 1 saturated carbocycles. The van der Waals surface area contributed by atoms with Gasteiger partial charge in [0.05, 0.1) is 5.56 Å². The maximum absolute atomic E-state index is 13.4. The van der Waals surface area contributed by atoms with Crippen molar-refractivity contribution in [3.63, 3.8) is 0 Å². The molecule has 1 unspecified atom stereocenters. The third kappa shape index (κ3) is 6.34. The molecule has 0 aromatic heterocycles. The van der Waals surface area contributed by atoms with E-state index in [1.807, 2.05) is 19.1 Å². The van der Waals surface area contributed by atoms with Gasteiger partial charge >= 0.3 is 12.3 Å². The third-order valence-electron chi connectivity index (χ3n) is 6.88. The van der Waals surface area contributed by atoms with Gasteiger partial charge in [0, 0.05) is 5.39 Å². The van der Waals surface area contributed by atoms with Gasteiger partial charge in [0.15, 0.2) is 0 Å². The lowest BCUT2D eigenvalue weighted by Crippen LogP contribution is -2.52. The van der Waals surface area contributed by atoms with Crippen LogP contribution in [0.5, 0.6) is 11.5 Å². The first-order valence-corrected chi connectivity index (χ1v) is 12.1. The first-order valence-electron chi connectivity index (χ1n) is 12.1. The first-order chi connectivity index (χ1) is 17.6. The minimum atomic E-state index is -4.79. The van der Waals surface area contributed by atoms with Crippen LogP contribution in [0, 0.1) is 5.41 Å². The van der Waals surface area contributed by atoms with E-state index in [4.69, 9.17) is 4.74 Å². The van der Waals surface area contributed by atoms with Gasteiger partial charge < -0.3 is 19.9 Å². The molecule has 0 saturated heterocycles. The summed E-state index contributed by atoms with van der Waals surface area (Å²) < 4.78 is 47.3. The van der Waals surface area contributed by atoms with Gasteiger partial charge in [0.2, 0.25) is 0 Å². The summed E-state index contributed by atoms with van der Waals surface area (Å²) in [6.07, 6.45) is -0.507. The molecule has 2 N–H and O–H groups in total. The van der Waals surface area contributed by atoms with Crippen molar-refractivity contribution in [3.05, 3.63) is 71.8 Å². The number of aliphatic carboxylic acids is 1. The zero-order chi connectivity index (χ0) is 26.6. The summed E-state index contributed by atoms with van der Waals surface area (Å²) in [5.41, 5.74) is 0.186. The lowest BCUT2D eigenvalue weighted by Gasteiger charge is -2.38. The summed E-state index contributed by atoms with van der Waals surface area (Å²) in [5.74, 6) is -1.72. The van der Waals surface area contributed by atoms with Crippen molar-refractivity contribution in [3.8, 4) is 11.5 Å². The van der Waals surface area contributed by atoms with Crippen molar-refractivity contribution in [1.82, 2.24) is 5.32 Å². The molecular formula is C28H28F3NO5. The Bertz CT molecular complexity index is 1270. The fraction of sp³-hybridized carbons (Fsp3) is 0.357. The molecule has 3 aromatic rings. The van der Waals surface area contributed by atoms with Crippen molar-refractivity contribution in [1.29, 1.82) is 0 Å². The third-order valence-corrected chi connectivity index (χ3v) is 6.88. The van der Waals surface area contributed by atoms with Crippen molar-refractivity contribution >= 4 is 22.6 Å². The Balaban J connectivity index is 1.59. The van der Waals surface area contributed by atoms with E-state index in [2.05, 4.69) is 10.1 Å². The number of rotatable bonds is 8. The average Bonchev–Trinajstić information content (AvgIpc) is 2.85. The highest BCUT2D eigenvalue weighted by Gasteiger charge is 2.41. The molecule has 0 heterocycles. The fourth-order valence-electron chi connectivity index (χ4n) is 4.91. The number of carboxylic acid groups (broad SMARTS) is 1. The van der Waals surface area contributed by atoms with E-state index in [1.165, 1.54) is 24.3 Å². The van der Waals surface area contributed by atoms with E-state index in [9.17, 15) is 27.9 Å². The van der Waals surface area contributed by atoms with Crippen LogP contribution in [0.1, 0.15) is 54.9 Å². The van der Waals surface area contributed by atoms with Crippen LogP contribution in [0.4, 0.5) is 13.2 Å². The van der Waals surface area contributed by atoms with Gasteiger partial charge in [0.1, 0.15) is 24.1 Å². The molecule has 0 spiro atoms. The Morgan fingerprint density at radius 2 is 1.68 bits per heavy atom. The number of nitrogens with one attached hydrogen (secondary N) is 1. The SMILES string of the molecule is CC1(C(NC(=O)c2ccc3ccccc3c2OCc2ccc(OC(F)(F)F)cc2)C(=O)O)CCCCC1. The average molecular weight is 516 g/mol. The number of fused-ring (bicyclic) bond motifs is 1. The first kappa shape index (κ1) is 26.3. The summed E-state index contributed by atoms with van der Waals surface area (Å²) in [6, 6.07) is 14.8. The van der Waals surface area contributed by atoms with Crippen LogP contribution < -0.4 is 14.8 Å². The van der Waals surface area contributed by atoms with Crippen molar-refractivity contribution < 1.29 is 37.3 Å². The molecule has 1 fully saturated rings. The van der Waals surface area contributed by atoms with E-state index in [-0.39, 0.29) is 23.7 Å². The second-order valence-electron chi connectivity index (χ2n) is 9.60. The summed E-state index contributed by atoms with van der Waals surface area (Å²) in [6.45, 7) is 1.87. The minimum Gasteiger partial charge on any atom is -0.487 e. The largest absolute Gasteiger partial charge is 0.573 e. The molecule has 0 bridgehead atoms. The second kappa shape index (κ2) is 10.7. The van der Waals surface area contributed by atoms with Gasteiger partial charge in [-0.3, -0.25) is 4.79 Å². The molecule has 1 atom stereocenters. The van der Waals surface area contributed by atoms with E-state index >= 15 is 0 Å². The number of hydrogen-bond acceptors (Lipinski definition) is 4. The van der Waals surface area contributed by atoms with Gasteiger partial charge in [-0.2, -0.15) is 0 Å². The molecule has 0 aliphatic heterocycles. The summed E-state index contributed by atoms with van der Waals surface area (Å²) in [7, 11) is 0. The minimum absolute atomic E-state index is 0.0271. The Hall–Kier alpha value is -3.75. The maximum atomic E-state index is 13.4. The van der Waals surface area contributed by atoms with Crippen LogP contribution >= 0.6 is 0 Å². The Morgan fingerprint density at radius 3 is 2.32 bits per heavy atom. The molecule has 0 radical (unpaired) electrons. The molecule has 6 nitrogen and oxygen atoms in total. The van der Waals surface area contributed by atoms with Crippen LogP contribution in [0.15, 0.2) is 60.7 Å². The number of halogens is 3. The second-order valence-corrected chi connectivity index (χ2v) is 9.60. The predicted molar refractivity (Wildman–Crippen MR) is 131 cm³/mol. The van der Waals surface area contributed by atoms with E-state index in [1.54, 1.807) is 24.3 Å². The van der Waals surface area contributed by atoms with E-state index in [0.717, 1.165) is 24.6 Å². The number of ether oxygens (including phenoxy) is 2. The van der Waals surface area contributed by atoms with Crippen LogP contribution in [0.25, 0.3) is 10.8 Å². The number of carbonyl (C=O) groups is 2. The fourth-order valence-corrected chi connectivity index (χ4v) is 4.91. The number of amides is 1. The summed E-state index contributed by atoms with van der Waals surface area (Å²) in [4.78, 5) is 25.6. The van der Waals surface area contributed by atoms with Gasteiger partial charge in [-0.15, -0.1) is 13.2 Å². The maximum Gasteiger partial charge on any atom is 0.573 e. The summed E-state index contributed by atoms with van der Waals surface area (Å²) in [5, 5.41) is 14.2. The topological polar surface area (TPSA) is 84.9 Å². The van der Waals surface area contributed by atoms with Gasteiger partial charge in [-0.05, 0) is 47.4 Å². The molecule has 37 heavy (non-hydrogen) atoms.